The standard InChI is InChI=1S/C12H19N5O4/c1-4-21-12(20)9-6(2)10(11(19)16-14)17(7(9)3)5-8(18)15-13/h4-5,13-14H2,1-3H3,(H,15,18)(H,16,19). The van der Waals surface area contributed by atoms with E-state index >= 15 is 0 Å². The maximum absolute atomic E-state index is 12.0. The average molecular weight is 297 g/mol. The molecule has 0 radical (unpaired) electrons. The molecule has 116 valence electrons. The van der Waals surface area contributed by atoms with E-state index in [1.165, 1.54) is 4.57 Å². The van der Waals surface area contributed by atoms with Gasteiger partial charge in [-0.05, 0) is 26.3 Å². The van der Waals surface area contributed by atoms with E-state index < -0.39 is 17.8 Å². The molecule has 2 amide bonds. The van der Waals surface area contributed by atoms with Gasteiger partial charge in [-0.15, -0.1) is 0 Å². The minimum absolute atomic E-state index is 0.113. The van der Waals surface area contributed by atoms with Crippen molar-refractivity contribution in [1.82, 2.24) is 15.4 Å². The van der Waals surface area contributed by atoms with Crippen molar-refractivity contribution in [2.75, 3.05) is 6.61 Å². The molecule has 0 aliphatic carbocycles. The predicted octanol–water partition coefficient (Wildman–Crippen LogP) is -1.12. The van der Waals surface area contributed by atoms with E-state index in [4.69, 9.17) is 16.4 Å². The Balaban J connectivity index is 3.46. The van der Waals surface area contributed by atoms with Gasteiger partial charge in [0.05, 0.1) is 12.2 Å². The van der Waals surface area contributed by atoms with E-state index in [-0.39, 0.29) is 24.4 Å². The van der Waals surface area contributed by atoms with Crippen molar-refractivity contribution < 1.29 is 19.1 Å². The van der Waals surface area contributed by atoms with Gasteiger partial charge >= 0.3 is 5.97 Å². The van der Waals surface area contributed by atoms with Gasteiger partial charge in [-0.25, -0.2) is 16.5 Å². The molecular weight excluding hydrogens is 278 g/mol. The first-order valence-corrected chi connectivity index (χ1v) is 6.26. The lowest BCUT2D eigenvalue weighted by Crippen LogP contribution is -2.36. The third kappa shape index (κ3) is 3.20. The Hall–Kier alpha value is -2.39. The second-order valence-corrected chi connectivity index (χ2v) is 4.28. The van der Waals surface area contributed by atoms with Gasteiger partial charge < -0.3 is 9.30 Å². The Kier molecular flexibility index (Phi) is 5.44. The number of amides is 2. The molecule has 0 aromatic carbocycles. The molecule has 0 aliphatic heterocycles. The van der Waals surface area contributed by atoms with Crippen LogP contribution in [0.25, 0.3) is 0 Å². The van der Waals surface area contributed by atoms with Gasteiger partial charge in [-0.3, -0.25) is 20.4 Å². The minimum Gasteiger partial charge on any atom is -0.462 e. The topological polar surface area (TPSA) is 141 Å². The van der Waals surface area contributed by atoms with Crippen molar-refractivity contribution in [3.05, 3.63) is 22.5 Å². The summed E-state index contributed by atoms with van der Waals surface area (Å²) >= 11 is 0. The molecule has 1 aromatic rings. The maximum Gasteiger partial charge on any atom is 0.340 e. The summed E-state index contributed by atoms with van der Waals surface area (Å²) in [5.41, 5.74) is 5.12. The van der Waals surface area contributed by atoms with Crippen molar-refractivity contribution in [1.29, 1.82) is 0 Å². The molecule has 0 bridgehead atoms. The fourth-order valence-corrected chi connectivity index (χ4v) is 2.15. The quantitative estimate of drug-likeness (QED) is 0.235. The summed E-state index contributed by atoms with van der Waals surface area (Å²) in [5.74, 6) is 8.50. The first-order valence-electron chi connectivity index (χ1n) is 6.26. The number of hydrogen-bond donors (Lipinski definition) is 4. The lowest BCUT2D eigenvalue weighted by molar-refractivity contribution is -0.121. The molecule has 0 aliphatic rings. The van der Waals surface area contributed by atoms with E-state index in [2.05, 4.69) is 0 Å². The number of aromatic nitrogens is 1. The van der Waals surface area contributed by atoms with Crippen molar-refractivity contribution in [2.24, 2.45) is 11.7 Å². The number of carbonyl (C=O) groups is 3. The average Bonchev–Trinajstić information content (AvgIpc) is 2.69. The van der Waals surface area contributed by atoms with Crippen LogP contribution in [0, 0.1) is 13.8 Å². The molecular formula is C12H19N5O4. The molecule has 0 saturated carbocycles. The summed E-state index contributed by atoms with van der Waals surface area (Å²) < 4.78 is 6.33. The molecule has 0 fully saturated rings. The Bertz CT molecular complexity index is 579. The molecule has 0 unspecified atom stereocenters. The van der Waals surface area contributed by atoms with Gasteiger partial charge in [-0.2, -0.15) is 0 Å². The van der Waals surface area contributed by atoms with Crippen molar-refractivity contribution in [3.63, 3.8) is 0 Å². The van der Waals surface area contributed by atoms with Crippen LogP contribution in [0.3, 0.4) is 0 Å². The Morgan fingerprint density at radius 2 is 1.81 bits per heavy atom. The van der Waals surface area contributed by atoms with Gasteiger partial charge in [0.25, 0.3) is 11.8 Å². The highest BCUT2D eigenvalue weighted by Gasteiger charge is 2.27. The van der Waals surface area contributed by atoms with E-state index in [0.29, 0.717) is 11.3 Å². The van der Waals surface area contributed by atoms with E-state index in [1.54, 1.807) is 20.8 Å². The number of nitrogens with two attached hydrogens (primary N) is 2. The van der Waals surface area contributed by atoms with Gasteiger partial charge in [0.1, 0.15) is 12.2 Å². The summed E-state index contributed by atoms with van der Waals surface area (Å²) in [4.78, 5) is 35.4. The van der Waals surface area contributed by atoms with E-state index in [0.717, 1.165) is 0 Å². The molecule has 1 aromatic heterocycles. The summed E-state index contributed by atoms with van der Waals surface area (Å²) in [6.45, 7) is 4.85. The van der Waals surface area contributed by atoms with Crippen molar-refractivity contribution >= 4 is 17.8 Å². The number of carbonyl (C=O) groups excluding carboxylic acids is 3. The van der Waals surface area contributed by atoms with E-state index in [9.17, 15) is 14.4 Å². The second kappa shape index (κ2) is 6.86. The number of esters is 1. The fourth-order valence-electron chi connectivity index (χ4n) is 2.15. The second-order valence-electron chi connectivity index (χ2n) is 4.28. The monoisotopic (exact) mass is 297 g/mol. The summed E-state index contributed by atoms with van der Waals surface area (Å²) in [6.07, 6.45) is 0. The molecule has 0 spiro atoms. The van der Waals surface area contributed by atoms with Crippen LogP contribution >= 0.6 is 0 Å². The van der Waals surface area contributed by atoms with Crippen LogP contribution in [0.15, 0.2) is 0 Å². The smallest absolute Gasteiger partial charge is 0.340 e. The molecule has 6 N–H and O–H groups in total. The van der Waals surface area contributed by atoms with Crippen LogP contribution in [0.2, 0.25) is 0 Å². The summed E-state index contributed by atoms with van der Waals surface area (Å²) in [5, 5.41) is 0. The Morgan fingerprint density at radius 3 is 2.29 bits per heavy atom. The predicted molar refractivity (Wildman–Crippen MR) is 73.8 cm³/mol. The number of ether oxygens (including phenoxy) is 1. The lowest BCUT2D eigenvalue weighted by atomic mass is 10.1. The Morgan fingerprint density at radius 1 is 1.19 bits per heavy atom. The molecule has 1 heterocycles. The molecule has 1 rings (SSSR count). The van der Waals surface area contributed by atoms with Crippen LogP contribution < -0.4 is 22.5 Å². The largest absolute Gasteiger partial charge is 0.462 e. The van der Waals surface area contributed by atoms with Gasteiger partial charge in [0.15, 0.2) is 0 Å². The number of hydrogen-bond acceptors (Lipinski definition) is 6. The third-order valence-electron chi connectivity index (χ3n) is 3.06. The molecule has 0 saturated heterocycles. The zero-order chi connectivity index (χ0) is 16.2. The van der Waals surface area contributed by atoms with Crippen LogP contribution in [0.1, 0.15) is 39.0 Å². The first-order chi connectivity index (χ1) is 9.88. The molecule has 21 heavy (non-hydrogen) atoms. The van der Waals surface area contributed by atoms with Crippen LogP contribution in [0.4, 0.5) is 0 Å². The minimum atomic E-state index is -0.615. The number of nitrogen functional groups attached to an aromatic ring is 1. The van der Waals surface area contributed by atoms with Gasteiger partial charge in [-0.1, -0.05) is 0 Å². The number of hydrazine groups is 2. The zero-order valence-corrected chi connectivity index (χ0v) is 12.1. The molecule has 9 heteroatoms. The van der Waals surface area contributed by atoms with Crippen LogP contribution in [-0.2, 0) is 16.1 Å². The van der Waals surface area contributed by atoms with Crippen molar-refractivity contribution in [3.8, 4) is 0 Å². The summed E-state index contributed by atoms with van der Waals surface area (Å²) in [7, 11) is 0. The van der Waals surface area contributed by atoms with Crippen molar-refractivity contribution in [2.45, 2.75) is 27.3 Å². The highest BCUT2D eigenvalue weighted by atomic mass is 16.5. The van der Waals surface area contributed by atoms with Crippen LogP contribution in [0.5, 0.6) is 0 Å². The maximum atomic E-state index is 12.0. The normalized spacial score (nSPS) is 10.1. The number of rotatable bonds is 5. The molecule has 9 nitrogen and oxygen atoms in total. The highest BCUT2D eigenvalue weighted by molar-refractivity contribution is 6.01. The SMILES string of the molecule is CCOC(=O)c1c(C)c(C(=O)NN)n(CC(=O)NN)c1C. The van der Waals surface area contributed by atoms with Gasteiger partial charge in [0, 0.05) is 5.69 Å². The van der Waals surface area contributed by atoms with Gasteiger partial charge in [0.2, 0.25) is 0 Å². The highest BCUT2D eigenvalue weighted by Crippen LogP contribution is 2.23. The van der Waals surface area contributed by atoms with E-state index in [1.807, 2.05) is 10.9 Å². The lowest BCUT2D eigenvalue weighted by Gasteiger charge is -2.10. The number of nitrogens with zero attached hydrogens (tertiary/aromatic N) is 1. The fraction of sp³-hybridized carbons (Fsp3) is 0.417. The number of nitrogens with one attached hydrogen (secondary N) is 2. The van der Waals surface area contributed by atoms with Crippen LogP contribution in [-0.4, -0.2) is 29.0 Å². The Labute approximate surface area is 121 Å². The summed E-state index contributed by atoms with van der Waals surface area (Å²) in [6, 6.07) is 0. The third-order valence-corrected chi connectivity index (χ3v) is 3.06. The molecule has 0 atom stereocenters. The first kappa shape index (κ1) is 16.7. The zero-order valence-electron chi connectivity index (χ0n) is 12.1.